The summed E-state index contributed by atoms with van der Waals surface area (Å²) in [5, 5.41) is 0. The largest absolute Gasteiger partial charge is 0.0816 e. The van der Waals surface area contributed by atoms with Crippen LogP contribution in [0.5, 0.6) is 0 Å². The molecule has 0 aliphatic heterocycles. The Labute approximate surface area is 40.0 Å². The smallest absolute Gasteiger partial charge is 0.0277 e. The van der Waals surface area contributed by atoms with Crippen molar-refractivity contribution in [1.29, 1.82) is 0 Å². The fraction of sp³-hybridized carbons (Fsp3) is 0.333. The summed E-state index contributed by atoms with van der Waals surface area (Å²) in [7, 11) is 0. The van der Waals surface area contributed by atoms with Crippen LogP contribution < -0.4 is 0 Å². The van der Waals surface area contributed by atoms with Gasteiger partial charge in [0.2, 0.25) is 0 Å². The Balaban J connectivity index is 2.55. The van der Waals surface area contributed by atoms with Crippen LogP contribution >= 0.6 is 22.6 Å². The topological polar surface area (TPSA) is 0 Å². The predicted octanol–water partition coefficient (Wildman–Crippen LogP) is 1.96. The van der Waals surface area contributed by atoms with Gasteiger partial charge in [-0.1, -0.05) is 28.7 Å². The molecule has 0 saturated heterocycles. The first-order chi connectivity index (χ1) is 1.91. The van der Waals surface area contributed by atoms with Gasteiger partial charge in [-0.15, -0.1) is 0 Å². The van der Waals surface area contributed by atoms with Crippen molar-refractivity contribution in [2.24, 2.45) is 0 Å². The zero-order valence-corrected chi connectivity index (χ0v) is 4.69. The molecule has 0 fully saturated rings. The van der Waals surface area contributed by atoms with E-state index in [9.17, 15) is 0 Å². The van der Waals surface area contributed by atoms with E-state index >= 15 is 0 Å². The van der Waals surface area contributed by atoms with E-state index in [0.29, 0.717) is 0 Å². The molecule has 0 rings (SSSR count). The van der Waals surface area contributed by atoms with Crippen molar-refractivity contribution in [1.82, 2.24) is 0 Å². The van der Waals surface area contributed by atoms with Crippen LogP contribution in [-0.2, 0) is 0 Å². The fourth-order valence-corrected chi connectivity index (χ4v) is 0. The number of halogens is 1. The molecule has 0 aromatic rings. The fourth-order valence-electron chi connectivity index (χ4n) is 0. The number of hydrogen-bond donors (Lipinski definition) is 0. The van der Waals surface area contributed by atoms with Gasteiger partial charge in [0, 0.05) is 0 Å². The second kappa shape index (κ2) is 3.47. The van der Waals surface area contributed by atoms with Gasteiger partial charge in [-0.2, -0.15) is 0 Å². The summed E-state index contributed by atoms with van der Waals surface area (Å²) in [6, 6.07) is 0. The molecule has 0 bridgehead atoms. The molecule has 0 nitrogen and oxygen atoms in total. The Bertz CT molecular complexity index is 18.5. The maximum Gasteiger partial charge on any atom is -0.0277 e. The lowest BCUT2D eigenvalue weighted by molar-refractivity contribution is 1.80. The third kappa shape index (κ3) is 2.47. The van der Waals surface area contributed by atoms with Crippen molar-refractivity contribution in [3.8, 4) is 0 Å². The van der Waals surface area contributed by atoms with Crippen LogP contribution in [0.4, 0.5) is 0 Å². The lowest BCUT2D eigenvalue weighted by Crippen LogP contribution is -1.18. The van der Waals surface area contributed by atoms with E-state index in [1.54, 1.807) is 0 Å². The van der Waals surface area contributed by atoms with E-state index in [-0.39, 0.29) is 0 Å². The van der Waals surface area contributed by atoms with Gasteiger partial charge in [0.1, 0.15) is 0 Å². The van der Waals surface area contributed by atoms with E-state index in [1.807, 2.05) is 17.1 Å². The van der Waals surface area contributed by atoms with Gasteiger partial charge in [0.15, 0.2) is 0 Å². The summed E-state index contributed by atoms with van der Waals surface area (Å²) >= 11 is 2.17. The SMILES string of the molecule is CC=CI. The molecular weight excluding hydrogens is 163 g/mol. The van der Waals surface area contributed by atoms with Crippen molar-refractivity contribution in [2.45, 2.75) is 6.92 Å². The van der Waals surface area contributed by atoms with Crippen molar-refractivity contribution in [3.05, 3.63) is 10.2 Å². The zero-order valence-electron chi connectivity index (χ0n) is 2.53. The molecule has 0 aromatic heterocycles. The highest BCUT2D eigenvalue weighted by molar-refractivity contribution is 14.1. The van der Waals surface area contributed by atoms with Gasteiger partial charge in [-0.3, -0.25) is 0 Å². The van der Waals surface area contributed by atoms with Crippen LogP contribution in [0.3, 0.4) is 0 Å². The van der Waals surface area contributed by atoms with Crippen molar-refractivity contribution < 1.29 is 0 Å². The summed E-state index contributed by atoms with van der Waals surface area (Å²) in [6.45, 7) is 1.99. The normalized spacial score (nSPS) is 9.50. The van der Waals surface area contributed by atoms with Gasteiger partial charge in [-0.05, 0) is 11.0 Å². The van der Waals surface area contributed by atoms with E-state index in [1.165, 1.54) is 0 Å². The summed E-state index contributed by atoms with van der Waals surface area (Å²) in [5.74, 6) is 0. The molecule has 0 unspecified atom stereocenters. The highest BCUT2D eigenvalue weighted by Crippen LogP contribution is 1.78. The first kappa shape index (κ1) is 4.47. The van der Waals surface area contributed by atoms with E-state index in [4.69, 9.17) is 0 Å². The molecule has 1 heteroatoms. The van der Waals surface area contributed by atoms with E-state index in [2.05, 4.69) is 22.6 Å². The highest BCUT2D eigenvalue weighted by atomic mass is 127. The Morgan fingerprint density at radius 3 is 2.00 bits per heavy atom. The number of allylic oxidation sites excluding steroid dienone is 1. The lowest BCUT2D eigenvalue weighted by Gasteiger charge is -1.47. The summed E-state index contributed by atoms with van der Waals surface area (Å²) in [4.78, 5) is 0. The Morgan fingerprint density at radius 2 is 2.00 bits per heavy atom. The minimum Gasteiger partial charge on any atom is -0.0816 e. The van der Waals surface area contributed by atoms with E-state index < -0.39 is 0 Å². The molecule has 0 aliphatic rings. The number of rotatable bonds is 0. The summed E-state index contributed by atoms with van der Waals surface area (Å²) in [5.41, 5.74) is 0. The third-order valence-corrected chi connectivity index (χ3v) is 0.845. The van der Waals surface area contributed by atoms with E-state index in [0.717, 1.165) is 0 Å². The van der Waals surface area contributed by atoms with Crippen LogP contribution in [0.2, 0.25) is 0 Å². The van der Waals surface area contributed by atoms with Gasteiger partial charge in [0.05, 0.1) is 0 Å². The van der Waals surface area contributed by atoms with Gasteiger partial charge >= 0.3 is 0 Å². The molecule has 0 N–H and O–H groups in total. The van der Waals surface area contributed by atoms with Crippen molar-refractivity contribution >= 4 is 22.6 Å². The van der Waals surface area contributed by atoms with Gasteiger partial charge < -0.3 is 0 Å². The van der Waals surface area contributed by atoms with Crippen molar-refractivity contribution in [3.63, 3.8) is 0 Å². The second-order valence-electron chi connectivity index (χ2n) is 0.459. The molecule has 0 spiro atoms. The highest BCUT2D eigenvalue weighted by Gasteiger charge is 1.36. The average Bonchev–Trinajstić information content (AvgIpc) is 1.37. The molecule has 4 heavy (non-hydrogen) atoms. The molecule has 24 valence electrons. The second-order valence-corrected chi connectivity index (χ2v) is 1.18. The van der Waals surface area contributed by atoms with Gasteiger partial charge in [-0.25, -0.2) is 0 Å². The predicted molar refractivity (Wildman–Crippen MR) is 28.8 cm³/mol. The maximum atomic E-state index is 2.17. The monoisotopic (exact) mass is 168 g/mol. The molecule has 0 saturated carbocycles. The Hall–Kier alpha value is 0.470. The Morgan fingerprint density at radius 1 is 1.75 bits per heavy atom. The lowest BCUT2D eigenvalue weighted by atomic mass is 10.8. The molecule has 0 amide bonds. The Kier molecular flexibility index (Phi) is 3.88. The average molecular weight is 168 g/mol. The van der Waals surface area contributed by atoms with Gasteiger partial charge in [0.25, 0.3) is 0 Å². The minimum absolute atomic E-state index is 1.97. The van der Waals surface area contributed by atoms with Crippen LogP contribution in [0.25, 0.3) is 0 Å². The quantitative estimate of drug-likeness (QED) is 0.485. The van der Waals surface area contributed by atoms with Crippen LogP contribution in [0.1, 0.15) is 6.92 Å². The molecular formula is C3H5I. The first-order valence-corrected chi connectivity index (χ1v) is 2.37. The third-order valence-electron chi connectivity index (χ3n) is 0.126. The molecule has 0 aliphatic carbocycles. The van der Waals surface area contributed by atoms with Crippen molar-refractivity contribution in [2.75, 3.05) is 0 Å². The molecule has 0 heterocycles. The standard InChI is InChI=1S/C3H5I/c1-2-3-4/h2-3H,1H3. The molecule has 0 radical (unpaired) electrons. The molecule has 0 aromatic carbocycles. The van der Waals surface area contributed by atoms with Crippen LogP contribution in [-0.4, -0.2) is 0 Å². The summed E-state index contributed by atoms with van der Waals surface area (Å²) < 4.78 is 1.97. The first-order valence-electron chi connectivity index (χ1n) is 1.13. The molecule has 0 atom stereocenters. The zero-order chi connectivity index (χ0) is 3.41. The summed E-state index contributed by atoms with van der Waals surface area (Å²) in [6.07, 6.45) is 1.99. The van der Waals surface area contributed by atoms with Crippen LogP contribution in [0, 0.1) is 0 Å². The maximum absolute atomic E-state index is 2.17. The number of hydrogen-bond acceptors (Lipinski definition) is 0. The minimum atomic E-state index is 1.97. The van der Waals surface area contributed by atoms with Crippen LogP contribution in [0.15, 0.2) is 10.2 Å².